The molecule has 58 valence electrons. The van der Waals surface area contributed by atoms with Crippen LogP contribution >= 0.6 is 0 Å². The minimum Gasteiger partial charge on any atom is -0.384 e. The Bertz CT molecular complexity index is 238. The molecule has 11 heavy (non-hydrogen) atoms. The quantitative estimate of drug-likeness (QED) is 0.618. The van der Waals surface area contributed by atoms with Crippen molar-refractivity contribution in [3.63, 3.8) is 0 Å². The number of nitrogen functional groups attached to an aromatic ring is 1. The molecular weight excluding hydrogens is 138 g/mol. The second kappa shape index (κ2) is 2.51. The highest BCUT2D eigenvalue weighted by atomic mass is 15.0. The lowest BCUT2D eigenvalue weighted by molar-refractivity contribution is 0.382. The van der Waals surface area contributed by atoms with E-state index in [1.54, 1.807) is 0 Å². The van der Waals surface area contributed by atoms with Gasteiger partial charge in [-0.1, -0.05) is 6.07 Å². The first-order valence-electron chi connectivity index (χ1n) is 3.81. The van der Waals surface area contributed by atoms with Gasteiger partial charge in [-0.3, -0.25) is 0 Å². The summed E-state index contributed by atoms with van der Waals surface area (Å²) < 4.78 is 0. The normalized spacial score (nSPS) is 22.7. The van der Waals surface area contributed by atoms with E-state index in [1.165, 1.54) is 12.0 Å². The monoisotopic (exact) mass is 149 g/mol. The Hall–Kier alpha value is -1.09. The third kappa shape index (κ3) is 1.19. The fourth-order valence-corrected chi connectivity index (χ4v) is 1.20. The Balaban J connectivity index is 2.18. The second-order valence-electron chi connectivity index (χ2n) is 2.81. The molecule has 1 aliphatic heterocycles. The third-order valence-corrected chi connectivity index (χ3v) is 2.04. The predicted octanol–water partition coefficient (Wildman–Crippen LogP) is 0.698. The Morgan fingerprint density at radius 3 is 2.82 bits per heavy atom. The summed E-state index contributed by atoms with van der Waals surface area (Å²) in [6, 6.07) is 4.39. The number of nitrogens with zero attached hydrogens (tertiary/aromatic N) is 1. The van der Waals surface area contributed by atoms with Crippen molar-refractivity contribution < 1.29 is 0 Å². The number of hydrogen-bond acceptors (Lipinski definition) is 3. The number of nitrogens with one attached hydrogen (secondary N) is 1. The van der Waals surface area contributed by atoms with Gasteiger partial charge in [0.05, 0.1) is 0 Å². The van der Waals surface area contributed by atoms with Crippen molar-refractivity contribution in [1.29, 1.82) is 0 Å². The number of aromatic nitrogens is 1. The fraction of sp³-hybridized carbons (Fsp3) is 0.375. The molecular formula is C8H11N3. The van der Waals surface area contributed by atoms with Crippen LogP contribution in [-0.2, 0) is 0 Å². The highest BCUT2D eigenvalue weighted by molar-refractivity contribution is 5.31. The molecule has 0 saturated carbocycles. The molecule has 0 amide bonds. The van der Waals surface area contributed by atoms with Gasteiger partial charge in [0.2, 0.25) is 0 Å². The van der Waals surface area contributed by atoms with E-state index in [9.17, 15) is 0 Å². The summed E-state index contributed by atoms with van der Waals surface area (Å²) in [6.45, 7) is 1.12. The number of nitrogens with two attached hydrogens (primary N) is 1. The Kier molecular flexibility index (Phi) is 1.51. The second-order valence-corrected chi connectivity index (χ2v) is 2.81. The van der Waals surface area contributed by atoms with E-state index in [0.29, 0.717) is 11.9 Å². The summed E-state index contributed by atoms with van der Waals surface area (Å²) in [5.41, 5.74) is 6.70. The van der Waals surface area contributed by atoms with E-state index in [1.807, 2.05) is 18.3 Å². The smallest absolute Gasteiger partial charge is 0.123 e. The summed E-state index contributed by atoms with van der Waals surface area (Å²) in [6.07, 6.45) is 3.05. The van der Waals surface area contributed by atoms with Crippen molar-refractivity contribution in [2.45, 2.75) is 12.5 Å². The summed E-state index contributed by atoms with van der Waals surface area (Å²) in [5.74, 6) is 0.591. The fourth-order valence-electron chi connectivity index (χ4n) is 1.20. The van der Waals surface area contributed by atoms with Crippen LogP contribution in [0, 0.1) is 0 Å². The zero-order valence-corrected chi connectivity index (χ0v) is 6.25. The Labute approximate surface area is 65.6 Å². The number of pyridine rings is 1. The van der Waals surface area contributed by atoms with Crippen LogP contribution in [0.1, 0.15) is 18.0 Å². The average Bonchev–Trinajstić information content (AvgIpc) is 1.90. The molecule has 1 aliphatic rings. The maximum atomic E-state index is 5.45. The van der Waals surface area contributed by atoms with Crippen molar-refractivity contribution in [2.75, 3.05) is 12.3 Å². The molecule has 0 spiro atoms. The predicted molar refractivity (Wildman–Crippen MR) is 44.0 cm³/mol. The number of anilines is 1. The van der Waals surface area contributed by atoms with E-state index in [-0.39, 0.29) is 0 Å². The highest BCUT2D eigenvalue weighted by Gasteiger charge is 2.17. The summed E-state index contributed by atoms with van der Waals surface area (Å²) in [5, 5.41) is 3.30. The molecule has 1 unspecified atom stereocenters. The standard InChI is InChI=1S/C8H11N3/c9-8-2-1-6(5-11-8)7-3-4-10-7/h1-2,5,7,10H,3-4H2,(H2,9,11). The van der Waals surface area contributed by atoms with E-state index < -0.39 is 0 Å². The molecule has 0 aromatic carbocycles. The van der Waals surface area contributed by atoms with Gasteiger partial charge in [0, 0.05) is 12.2 Å². The van der Waals surface area contributed by atoms with Gasteiger partial charge in [0.15, 0.2) is 0 Å². The Morgan fingerprint density at radius 1 is 1.55 bits per heavy atom. The lowest BCUT2D eigenvalue weighted by atomic mass is 10.00. The third-order valence-electron chi connectivity index (χ3n) is 2.04. The van der Waals surface area contributed by atoms with Gasteiger partial charge in [-0.25, -0.2) is 4.98 Å². The Morgan fingerprint density at radius 2 is 2.36 bits per heavy atom. The average molecular weight is 149 g/mol. The van der Waals surface area contributed by atoms with Crippen molar-refractivity contribution >= 4 is 5.82 Å². The van der Waals surface area contributed by atoms with Crippen LogP contribution in [0.15, 0.2) is 18.3 Å². The largest absolute Gasteiger partial charge is 0.384 e. The molecule has 3 heteroatoms. The maximum absolute atomic E-state index is 5.45. The summed E-state index contributed by atoms with van der Waals surface area (Å²) in [7, 11) is 0. The zero-order valence-electron chi connectivity index (χ0n) is 6.25. The lowest BCUT2D eigenvalue weighted by Gasteiger charge is -2.27. The minimum absolute atomic E-state index is 0.517. The molecule has 1 fully saturated rings. The lowest BCUT2D eigenvalue weighted by Crippen LogP contribution is -2.34. The van der Waals surface area contributed by atoms with Crippen LogP contribution in [0.25, 0.3) is 0 Å². The van der Waals surface area contributed by atoms with Gasteiger partial charge in [-0.2, -0.15) is 0 Å². The van der Waals surface area contributed by atoms with E-state index >= 15 is 0 Å². The summed E-state index contributed by atoms with van der Waals surface area (Å²) >= 11 is 0. The molecule has 0 radical (unpaired) electrons. The molecule has 2 rings (SSSR count). The van der Waals surface area contributed by atoms with Crippen LogP contribution in [0.2, 0.25) is 0 Å². The minimum atomic E-state index is 0.517. The van der Waals surface area contributed by atoms with E-state index in [2.05, 4.69) is 10.3 Å². The van der Waals surface area contributed by atoms with E-state index in [4.69, 9.17) is 5.73 Å². The molecule has 2 heterocycles. The first kappa shape index (κ1) is 6.61. The van der Waals surface area contributed by atoms with Crippen LogP contribution in [0.3, 0.4) is 0 Å². The van der Waals surface area contributed by atoms with Crippen LogP contribution in [0.5, 0.6) is 0 Å². The van der Waals surface area contributed by atoms with Gasteiger partial charge in [0.25, 0.3) is 0 Å². The molecule has 3 N–H and O–H groups in total. The molecule has 0 bridgehead atoms. The summed E-state index contributed by atoms with van der Waals surface area (Å²) in [4.78, 5) is 4.02. The first-order valence-corrected chi connectivity index (χ1v) is 3.81. The van der Waals surface area contributed by atoms with Crippen LogP contribution in [-0.4, -0.2) is 11.5 Å². The topological polar surface area (TPSA) is 50.9 Å². The van der Waals surface area contributed by atoms with Gasteiger partial charge in [0.1, 0.15) is 5.82 Å². The van der Waals surface area contributed by atoms with Crippen LogP contribution < -0.4 is 11.1 Å². The van der Waals surface area contributed by atoms with E-state index in [0.717, 1.165) is 6.54 Å². The SMILES string of the molecule is Nc1ccc(C2CCN2)cn1. The number of hydrogen-bond donors (Lipinski definition) is 2. The number of rotatable bonds is 1. The molecule has 0 aliphatic carbocycles. The van der Waals surface area contributed by atoms with Gasteiger partial charge >= 0.3 is 0 Å². The van der Waals surface area contributed by atoms with Crippen molar-refractivity contribution in [2.24, 2.45) is 0 Å². The highest BCUT2D eigenvalue weighted by Crippen LogP contribution is 2.21. The zero-order chi connectivity index (χ0) is 7.68. The molecule has 1 atom stereocenters. The molecule has 3 nitrogen and oxygen atoms in total. The molecule has 1 saturated heterocycles. The first-order chi connectivity index (χ1) is 5.36. The molecule has 1 aromatic heterocycles. The van der Waals surface area contributed by atoms with Crippen molar-refractivity contribution in [3.05, 3.63) is 23.9 Å². The maximum Gasteiger partial charge on any atom is 0.123 e. The molecule has 1 aromatic rings. The van der Waals surface area contributed by atoms with Gasteiger partial charge in [-0.05, 0) is 24.6 Å². The van der Waals surface area contributed by atoms with Crippen molar-refractivity contribution in [1.82, 2.24) is 10.3 Å². The van der Waals surface area contributed by atoms with Crippen molar-refractivity contribution in [3.8, 4) is 0 Å². The van der Waals surface area contributed by atoms with Gasteiger partial charge < -0.3 is 11.1 Å². The van der Waals surface area contributed by atoms with Crippen LogP contribution in [0.4, 0.5) is 5.82 Å². The van der Waals surface area contributed by atoms with Gasteiger partial charge in [-0.15, -0.1) is 0 Å².